The lowest BCUT2D eigenvalue weighted by molar-refractivity contribution is -0.224. The van der Waals surface area contributed by atoms with Crippen LogP contribution in [0.1, 0.15) is 43.0 Å². The van der Waals surface area contributed by atoms with E-state index in [1.54, 1.807) is 11.8 Å². The topological polar surface area (TPSA) is 123 Å². The highest BCUT2D eigenvalue weighted by Crippen LogP contribution is 2.45. The first-order valence-corrected chi connectivity index (χ1v) is 24.3. The molecule has 0 unspecified atom stereocenters. The maximum absolute atomic E-state index is 9.79. The zero-order chi connectivity index (χ0) is 41.2. The normalized spacial score (nSPS) is 28.2. The highest BCUT2D eigenvalue weighted by molar-refractivity contribution is 8.00. The van der Waals surface area contributed by atoms with Crippen molar-refractivity contribution >= 4 is 20.1 Å². The molecule has 3 heterocycles. The average molecular weight is 840 g/mol. The number of ether oxygens (including phenoxy) is 7. The standard InChI is InChI=1S/C46H57N3O8SSi/c1-46(2,3)59(4,5)57-41-38(48-49-47)44-54-30-36(55-44)39(41)56-45-43(53-29-35-24-16-9-17-25-35)42(52-28-34-22-14-8-15-23-34)40(51-27-33-20-12-7-13-21-33)37(58-45)31-50-26-32-18-10-6-11-19-32/h6-25,36-45H,26-31H2,1-5H3/t36-,37-,38-,39-,40-,41-,42+,43-,44-,45+/m1/s1. The molecule has 0 saturated carbocycles. The van der Waals surface area contributed by atoms with Gasteiger partial charge in [0.25, 0.3) is 0 Å². The SMILES string of the molecule is CC(C)(C)[Si](C)(C)O[C@@H]1[C@@H](N=[N+]=[N-])[C@@H]2OC[C@@H](O2)[C@H]1O[C@H]1S[C@H](COCc2ccccc2)[C@@H](OCc2ccccc2)[C@H](OCc2ccccc2)[C@H]1OCc1ccccc1. The molecule has 314 valence electrons. The number of hydrogen-bond acceptors (Lipinski definition) is 10. The van der Waals surface area contributed by atoms with Gasteiger partial charge in [0.05, 0.1) is 51.0 Å². The third-order valence-corrected chi connectivity index (χ3v) is 17.5. The maximum atomic E-state index is 9.79. The summed E-state index contributed by atoms with van der Waals surface area (Å²) in [7, 11) is -2.44. The number of thioether (sulfide) groups is 1. The van der Waals surface area contributed by atoms with Crippen LogP contribution in [-0.2, 0) is 64.0 Å². The fraction of sp³-hybridized carbons (Fsp3) is 0.478. The number of fused-ring (bicyclic) bond motifs is 2. The van der Waals surface area contributed by atoms with Crippen LogP contribution in [0.15, 0.2) is 126 Å². The van der Waals surface area contributed by atoms with E-state index in [1.165, 1.54) is 0 Å². The third kappa shape index (κ3) is 11.2. The minimum absolute atomic E-state index is 0.127. The van der Waals surface area contributed by atoms with Gasteiger partial charge in [-0.05, 0) is 45.9 Å². The van der Waals surface area contributed by atoms with Crippen molar-refractivity contribution in [2.24, 2.45) is 5.11 Å². The average Bonchev–Trinajstić information content (AvgIpc) is 3.68. The summed E-state index contributed by atoms with van der Waals surface area (Å²) in [5.74, 6) is 0. The quantitative estimate of drug-likeness (QED) is 0.0417. The van der Waals surface area contributed by atoms with Gasteiger partial charge in [-0.25, -0.2) is 0 Å². The van der Waals surface area contributed by atoms with Crippen LogP contribution in [0.5, 0.6) is 0 Å². The zero-order valence-corrected chi connectivity index (χ0v) is 36.4. The predicted octanol–water partition coefficient (Wildman–Crippen LogP) is 9.61. The van der Waals surface area contributed by atoms with Gasteiger partial charge in [-0.2, -0.15) is 0 Å². The van der Waals surface area contributed by atoms with Crippen LogP contribution in [0.2, 0.25) is 18.1 Å². The molecule has 3 saturated heterocycles. The summed E-state index contributed by atoms with van der Waals surface area (Å²) in [5, 5.41) is 3.85. The van der Waals surface area contributed by atoms with Crippen molar-refractivity contribution in [3.8, 4) is 0 Å². The van der Waals surface area contributed by atoms with E-state index in [9.17, 15) is 5.53 Å². The molecule has 11 nitrogen and oxygen atoms in total. The van der Waals surface area contributed by atoms with Gasteiger partial charge in [-0.1, -0.05) is 147 Å². The van der Waals surface area contributed by atoms with E-state index < -0.39 is 62.7 Å². The number of rotatable bonds is 18. The maximum Gasteiger partial charge on any atom is 0.192 e. The first kappa shape index (κ1) is 43.5. The molecule has 0 amide bonds. The first-order chi connectivity index (χ1) is 28.6. The molecule has 59 heavy (non-hydrogen) atoms. The fourth-order valence-electron chi connectivity index (χ4n) is 7.36. The Morgan fingerprint density at radius 2 is 1.17 bits per heavy atom. The van der Waals surface area contributed by atoms with E-state index in [1.807, 2.05) is 84.9 Å². The van der Waals surface area contributed by atoms with Crippen LogP contribution in [0.4, 0.5) is 0 Å². The Labute approximate surface area is 353 Å². The molecular formula is C46H57N3O8SSi. The van der Waals surface area contributed by atoms with Gasteiger partial charge in [-0.3, -0.25) is 0 Å². The van der Waals surface area contributed by atoms with Crippen LogP contribution in [0.25, 0.3) is 10.4 Å². The second-order valence-electron chi connectivity index (χ2n) is 16.8. The molecule has 10 atom stereocenters. The Hall–Kier alpha value is -3.56. The van der Waals surface area contributed by atoms with Gasteiger partial charge in [0.15, 0.2) is 14.6 Å². The second kappa shape index (κ2) is 20.3. The number of azide groups is 1. The summed E-state index contributed by atoms with van der Waals surface area (Å²) in [6.07, 6.45) is -4.15. The molecule has 4 aromatic rings. The molecule has 0 radical (unpaired) electrons. The van der Waals surface area contributed by atoms with Crippen LogP contribution in [-0.4, -0.2) is 81.2 Å². The largest absolute Gasteiger partial charge is 0.411 e. The fourth-order valence-corrected chi connectivity index (χ4v) is 10.2. The molecule has 13 heteroatoms. The van der Waals surface area contributed by atoms with Crippen molar-refractivity contribution in [1.82, 2.24) is 0 Å². The van der Waals surface area contributed by atoms with Gasteiger partial charge in [-0.15, -0.1) is 11.8 Å². The molecule has 2 bridgehead atoms. The molecule has 7 rings (SSSR count). The van der Waals surface area contributed by atoms with Crippen molar-refractivity contribution in [2.75, 3.05) is 13.2 Å². The monoisotopic (exact) mass is 839 g/mol. The molecular weight excluding hydrogens is 783 g/mol. The molecule has 3 fully saturated rings. The summed E-state index contributed by atoms with van der Waals surface area (Å²) in [4.78, 5) is 3.23. The number of nitrogens with zero attached hydrogens (tertiary/aromatic N) is 3. The van der Waals surface area contributed by atoms with Crippen molar-refractivity contribution in [1.29, 1.82) is 0 Å². The van der Waals surface area contributed by atoms with Gasteiger partial charge >= 0.3 is 0 Å². The Bertz CT molecular complexity index is 1920. The Kier molecular flexibility index (Phi) is 15.0. The highest BCUT2D eigenvalue weighted by atomic mass is 32.2. The first-order valence-electron chi connectivity index (χ1n) is 20.5. The number of hydrogen-bond donors (Lipinski definition) is 0. The van der Waals surface area contributed by atoms with Crippen molar-refractivity contribution in [3.05, 3.63) is 154 Å². The van der Waals surface area contributed by atoms with E-state index in [2.05, 4.69) is 80.3 Å². The molecule has 0 spiro atoms. The minimum atomic E-state index is -2.44. The smallest absolute Gasteiger partial charge is 0.192 e. The van der Waals surface area contributed by atoms with Crippen molar-refractivity contribution < 1.29 is 37.6 Å². The van der Waals surface area contributed by atoms with E-state index in [4.69, 9.17) is 37.6 Å². The molecule has 4 aromatic carbocycles. The molecule has 0 aromatic heterocycles. The minimum Gasteiger partial charge on any atom is -0.411 e. The summed E-state index contributed by atoms with van der Waals surface area (Å²) in [5.41, 5.74) is 13.4. The van der Waals surface area contributed by atoms with E-state index >= 15 is 0 Å². The Morgan fingerprint density at radius 3 is 1.68 bits per heavy atom. The van der Waals surface area contributed by atoms with Crippen molar-refractivity contribution in [2.45, 2.75) is 125 Å². The second-order valence-corrected chi connectivity index (χ2v) is 22.9. The lowest BCUT2D eigenvalue weighted by Gasteiger charge is -2.49. The van der Waals surface area contributed by atoms with Gasteiger partial charge in [0.1, 0.15) is 42.0 Å². The Balaban J connectivity index is 1.27. The molecule has 3 aliphatic heterocycles. The van der Waals surface area contributed by atoms with E-state index in [-0.39, 0.29) is 16.9 Å². The third-order valence-electron chi connectivity index (χ3n) is 11.6. The van der Waals surface area contributed by atoms with E-state index in [0.717, 1.165) is 22.3 Å². The van der Waals surface area contributed by atoms with Gasteiger partial charge in [0.2, 0.25) is 0 Å². The number of benzene rings is 4. The van der Waals surface area contributed by atoms with Crippen LogP contribution in [0.3, 0.4) is 0 Å². The van der Waals surface area contributed by atoms with Crippen LogP contribution in [0, 0.1) is 0 Å². The summed E-state index contributed by atoms with van der Waals surface area (Å²) < 4.78 is 54.5. The summed E-state index contributed by atoms with van der Waals surface area (Å²) >= 11 is 1.62. The lowest BCUT2D eigenvalue weighted by Crippen LogP contribution is -2.63. The predicted molar refractivity (Wildman–Crippen MR) is 231 cm³/mol. The van der Waals surface area contributed by atoms with Crippen molar-refractivity contribution in [3.63, 3.8) is 0 Å². The molecule has 0 aliphatic carbocycles. The van der Waals surface area contributed by atoms with E-state index in [0.29, 0.717) is 33.0 Å². The zero-order valence-electron chi connectivity index (χ0n) is 34.6. The summed E-state index contributed by atoms with van der Waals surface area (Å²) in [6.45, 7) is 13.1. The summed E-state index contributed by atoms with van der Waals surface area (Å²) in [6, 6.07) is 39.8. The van der Waals surface area contributed by atoms with Gasteiger partial charge < -0.3 is 37.6 Å². The van der Waals surface area contributed by atoms with Crippen LogP contribution < -0.4 is 0 Å². The van der Waals surface area contributed by atoms with Crippen LogP contribution >= 0.6 is 11.8 Å². The van der Waals surface area contributed by atoms with Gasteiger partial charge in [0, 0.05) is 4.91 Å². The molecule has 3 aliphatic rings. The Morgan fingerprint density at radius 1 is 0.678 bits per heavy atom. The highest BCUT2D eigenvalue weighted by Gasteiger charge is 2.57. The molecule has 0 N–H and O–H groups in total. The lowest BCUT2D eigenvalue weighted by atomic mass is 9.98.